The fourth-order valence-corrected chi connectivity index (χ4v) is 8.55. The minimum Gasteiger partial charge on any atom is -0.338 e. The summed E-state index contributed by atoms with van der Waals surface area (Å²) in [6.45, 7) is 16.9. The number of para-hydroxylation sites is 2. The Hall–Kier alpha value is -6.90. The molecule has 0 atom stereocenters. The van der Waals surface area contributed by atoms with Crippen molar-refractivity contribution in [2.45, 2.75) is 73.5 Å². The Balaban J connectivity index is 0.000000161. The van der Waals surface area contributed by atoms with Crippen LogP contribution < -0.4 is 26.6 Å². The van der Waals surface area contributed by atoms with Gasteiger partial charge in [0, 0.05) is 74.9 Å². The topological polar surface area (TPSA) is 151 Å². The van der Waals surface area contributed by atoms with Gasteiger partial charge in [-0.05, 0) is 130 Å². The molecule has 0 aliphatic carbocycles. The molecule has 14 nitrogen and oxygen atoms in total. The first-order valence-corrected chi connectivity index (χ1v) is 21.8. The van der Waals surface area contributed by atoms with Crippen LogP contribution in [0, 0.1) is 27.7 Å². The lowest BCUT2D eigenvalue weighted by molar-refractivity contribution is 0.203. The lowest BCUT2D eigenvalue weighted by atomic mass is 9.98. The van der Waals surface area contributed by atoms with E-state index in [9.17, 15) is 0 Å². The van der Waals surface area contributed by atoms with Crippen molar-refractivity contribution in [1.82, 2.24) is 49.7 Å². The summed E-state index contributed by atoms with van der Waals surface area (Å²) in [6, 6.07) is 26.1. The van der Waals surface area contributed by atoms with Crippen molar-refractivity contribution < 1.29 is 0 Å². The van der Waals surface area contributed by atoms with Crippen LogP contribution in [0.15, 0.2) is 85.2 Å². The van der Waals surface area contributed by atoms with Gasteiger partial charge in [0.1, 0.15) is 0 Å². The molecule has 0 spiro atoms. The second kappa shape index (κ2) is 17.5. The predicted molar refractivity (Wildman–Crippen MR) is 255 cm³/mol. The van der Waals surface area contributed by atoms with E-state index in [1.807, 2.05) is 26.5 Å². The molecule has 6 heterocycles. The Morgan fingerprint density at radius 1 is 0.587 bits per heavy atom. The van der Waals surface area contributed by atoms with Gasteiger partial charge < -0.3 is 26.6 Å². The van der Waals surface area contributed by atoms with Gasteiger partial charge in [0.05, 0.1) is 10.8 Å². The molecule has 0 saturated carbocycles. The highest BCUT2D eigenvalue weighted by Crippen LogP contribution is 2.32. The maximum Gasteiger partial charge on any atom is 0.229 e. The molecule has 2 aliphatic heterocycles. The van der Waals surface area contributed by atoms with Crippen molar-refractivity contribution in [3.63, 3.8) is 0 Å². The predicted octanol–water partition coefficient (Wildman–Crippen LogP) is 9.35. The van der Waals surface area contributed by atoms with Gasteiger partial charge in [-0.15, -0.1) is 0 Å². The Kier molecular flexibility index (Phi) is 11.5. The van der Waals surface area contributed by atoms with E-state index >= 15 is 0 Å². The molecule has 4 aromatic heterocycles. The average Bonchev–Trinajstić information content (AvgIpc) is 3.76. The van der Waals surface area contributed by atoms with Gasteiger partial charge in [-0.1, -0.05) is 48.5 Å². The lowest BCUT2D eigenvalue weighted by Gasteiger charge is -2.32. The van der Waals surface area contributed by atoms with Crippen LogP contribution in [0.4, 0.5) is 46.3 Å². The fourth-order valence-electron chi connectivity index (χ4n) is 8.55. The van der Waals surface area contributed by atoms with Gasteiger partial charge in [-0.2, -0.15) is 20.2 Å². The first-order valence-electron chi connectivity index (χ1n) is 21.8. The van der Waals surface area contributed by atoms with E-state index < -0.39 is 0 Å². The third-order valence-corrected chi connectivity index (χ3v) is 12.2. The molecule has 0 amide bonds. The van der Waals surface area contributed by atoms with Crippen LogP contribution in [0.5, 0.6) is 0 Å². The van der Waals surface area contributed by atoms with Gasteiger partial charge in [0.2, 0.25) is 11.9 Å². The Bertz CT molecular complexity index is 2920. The maximum absolute atomic E-state index is 4.76. The van der Waals surface area contributed by atoms with Crippen molar-refractivity contribution in [1.29, 1.82) is 0 Å². The number of rotatable bonds is 9. The highest BCUT2D eigenvalue weighted by atomic mass is 15.3. The van der Waals surface area contributed by atoms with Crippen LogP contribution in [0.2, 0.25) is 0 Å². The van der Waals surface area contributed by atoms with E-state index in [0.29, 0.717) is 17.9 Å². The first kappa shape index (κ1) is 41.5. The van der Waals surface area contributed by atoms with Crippen LogP contribution in [0.25, 0.3) is 22.1 Å². The zero-order valence-corrected chi connectivity index (χ0v) is 37.4. The summed E-state index contributed by atoms with van der Waals surface area (Å²) in [7, 11) is 3.81. The molecular formula is C49H56N14. The second-order valence-corrected chi connectivity index (χ2v) is 17.0. The third-order valence-electron chi connectivity index (χ3n) is 12.2. The van der Waals surface area contributed by atoms with Crippen LogP contribution in [0.1, 0.15) is 58.4 Å². The molecule has 63 heavy (non-hydrogen) atoms. The van der Waals surface area contributed by atoms with Crippen LogP contribution in [-0.4, -0.2) is 63.5 Å². The van der Waals surface area contributed by atoms with E-state index in [2.05, 4.69) is 166 Å². The van der Waals surface area contributed by atoms with E-state index in [1.54, 1.807) is 9.36 Å². The number of aryl methyl sites for hydroxylation is 6. The summed E-state index contributed by atoms with van der Waals surface area (Å²) in [5.41, 5.74) is 16.0. The molecule has 0 radical (unpaired) electrons. The average molecular weight is 841 g/mol. The van der Waals surface area contributed by atoms with E-state index in [1.165, 1.54) is 44.5 Å². The summed E-state index contributed by atoms with van der Waals surface area (Å²) in [5.74, 6) is 2.66. The summed E-state index contributed by atoms with van der Waals surface area (Å²) < 4.78 is 3.58. The summed E-state index contributed by atoms with van der Waals surface area (Å²) in [5, 5.41) is 28.2. The second-order valence-electron chi connectivity index (χ2n) is 17.0. The number of hydrogen-bond donors (Lipinski definition) is 5. The molecule has 0 saturated heterocycles. The van der Waals surface area contributed by atoms with Crippen molar-refractivity contribution in [3.05, 3.63) is 130 Å². The minimum absolute atomic E-state index is 0.552. The van der Waals surface area contributed by atoms with Crippen molar-refractivity contribution >= 4 is 68.3 Å². The van der Waals surface area contributed by atoms with Gasteiger partial charge in [-0.25, -0.2) is 19.3 Å². The lowest BCUT2D eigenvalue weighted by Crippen LogP contribution is -2.35. The van der Waals surface area contributed by atoms with Gasteiger partial charge in [0.25, 0.3) is 0 Å². The minimum atomic E-state index is 0.552. The van der Waals surface area contributed by atoms with Gasteiger partial charge >= 0.3 is 0 Å². The fraction of sp³-hybridized carbons (Fsp3) is 0.306. The van der Waals surface area contributed by atoms with Crippen LogP contribution >= 0.6 is 0 Å². The van der Waals surface area contributed by atoms with Crippen molar-refractivity contribution in [2.24, 2.45) is 14.1 Å². The number of fused-ring (bicyclic) bond motifs is 4. The number of hydrogen-bond acceptors (Lipinski definition) is 12. The first-order chi connectivity index (χ1) is 30.5. The van der Waals surface area contributed by atoms with E-state index in [-0.39, 0.29) is 0 Å². The third kappa shape index (κ3) is 8.77. The highest BCUT2D eigenvalue weighted by Gasteiger charge is 2.20. The number of anilines is 8. The smallest absolute Gasteiger partial charge is 0.229 e. The van der Waals surface area contributed by atoms with Crippen LogP contribution in [-0.2, 0) is 40.0 Å². The Morgan fingerprint density at radius 2 is 1.08 bits per heavy atom. The molecule has 14 heteroatoms. The number of benzene rings is 4. The molecule has 0 unspecified atom stereocenters. The summed E-state index contributed by atoms with van der Waals surface area (Å²) in [4.78, 5) is 21.1. The largest absolute Gasteiger partial charge is 0.338 e. The molecule has 2 aliphatic rings. The van der Waals surface area contributed by atoms with Gasteiger partial charge in [0.15, 0.2) is 22.9 Å². The maximum atomic E-state index is 4.76. The standard InChI is InChI=1S/C26H31N7.C23H25N7/c1-16(2)33-12-11-19-9-10-21(13-20(19)15-33)28-26-27-14-22-24(31-32(5)25(22)30-26)29-23-17(3)7-6-8-18(23)4;1-14-5-4-6-15(2)20(14)27-21-19-13-25-23(28-22(19)30(3)29-21)26-18-8-7-16-9-10-24-12-17(16)11-18/h6-10,13-14,16H,11-12,15H2,1-5H3,(H,29,31)(H,27,28,30);4-8,11,13,24H,9-10,12H2,1-3H3,(H,27,29)(H,25,26,28). The van der Waals surface area contributed by atoms with Gasteiger partial charge in [-0.3, -0.25) is 4.90 Å². The molecule has 0 bridgehead atoms. The summed E-state index contributed by atoms with van der Waals surface area (Å²) >= 11 is 0. The van der Waals surface area contributed by atoms with E-state index in [0.717, 1.165) is 95.5 Å². The molecule has 4 aromatic carbocycles. The molecule has 10 rings (SSSR count). The zero-order valence-electron chi connectivity index (χ0n) is 37.4. The SMILES string of the molecule is Cc1cccc(C)c1Nc1nn(C)c2nc(Nc3ccc4c(c3)CN(C(C)C)CC4)ncc12.Cc1cccc(C)c1Nc1nn(C)c2nc(Nc3ccc4c(c3)CNCC4)ncc12. The number of nitrogens with one attached hydrogen (secondary N) is 5. The molecule has 8 aromatic rings. The van der Waals surface area contributed by atoms with Crippen molar-refractivity contribution in [2.75, 3.05) is 34.4 Å². The monoisotopic (exact) mass is 840 g/mol. The van der Waals surface area contributed by atoms with Crippen molar-refractivity contribution in [3.8, 4) is 0 Å². The normalized spacial score (nSPS) is 13.7. The Morgan fingerprint density at radius 3 is 1.59 bits per heavy atom. The quantitative estimate of drug-likeness (QED) is 0.0943. The number of nitrogens with zero attached hydrogens (tertiary/aromatic N) is 9. The molecule has 0 fully saturated rings. The molecule has 322 valence electrons. The molecule has 5 N–H and O–H groups in total. The highest BCUT2D eigenvalue weighted by molar-refractivity contribution is 5.91. The Labute approximate surface area is 368 Å². The molecular weight excluding hydrogens is 785 g/mol. The summed E-state index contributed by atoms with van der Waals surface area (Å²) in [6.07, 6.45) is 5.84. The van der Waals surface area contributed by atoms with Crippen LogP contribution in [0.3, 0.4) is 0 Å². The number of aromatic nitrogens is 8. The zero-order chi connectivity index (χ0) is 43.8. The van der Waals surface area contributed by atoms with E-state index in [4.69, 9.17) is 9.97 Å².